The fourth-order valence-electron chi connectivity index (χ4n) is 3.17. The molecule has 2 rings (SSSR count). The minimum atomic E-state index is -0.575. The summed E-state index contributed by atoms with van der Waals surface area (Å²) in [5.41, 5.74) is 2.14. The number of piperazine rings is 1. The summed E-state index contributed by atoms with van der Waals surface area (Å²) in [7, 11) is 0. The monoisotopic (exact) mass is 318 g/mol. The van der Waals surface area contributed by atoms with Gasteiger partial charge in [-0.25, -0.2) is 0 Å². The van der Waals surface area contributed by atoms with Crippen LogP contribution in [0.4, 0.5) is 0 Å². The number of rotatable bonds is 7. The number of hydrogen-bond donors (Lipinski definition) is 1. The quantitative estimate of drug-likeness (QED) is 0.836. The molecule has 0 aromatic heterocycles. The Kier molecular flexibility index (Phi) is 6.63. The molecule has 0 radical (unpaired) electrons. The van der Waals surface area contributed by atoms with Crippen LogP contribution in [0.3, 0.4) is 0 Å². The summed E-state index contributed by atoms with van der Waals surface area (Å²) in [6.45, 7) is 15.4. The molecule has 1 aliphatic rings. The molecule has 0 aliphatic carbocycles. The molecule has 1 aliphatic heterocycles. The molecule has 1 heterocycles. The second-order valence-corrected chi connectivity index (χ2v) is 8.10. The molecule has 1 N–H and O–H groups in total. The van der Waals surface area contributed by atoms with Crippen LogP contribution in [0.2, 0.25) is 0 Å². The Balaban J connectivity index is 1.76. The summed E-state index contributed by atoms with van der Waals surface area (Å²) in [6, 6.07) is 8.94. The second-order valence-electron chi connectivity index (χ2n) is 8.10. The van der Waals surface area contributed by atoms with E-state index in [1.54, 1.807) is 0 Å². The van der Waals surface area contributed by atoms with E-state index in [9.17, 15) is 5.11 Å². The zero-order valence-electron chi connectivity index (χ0n) is 15.4. The Morgan fingerprint density at radius 2 is 1.48 bits per heavy atom. The van der Waals surface area contributed by atoms with Gasteiger partial charge in [0.05, 0.1) is 5.60 Å². The Labute approximate surface area is 142 Å². The van der Waals surface area contributed by atoms with E-state index in [0.29, 0.717) is 0 Å². The molecule has 0 bridgehead atoms. The van der Waals surface area contributed by atoms with Crippen molar-refractivity contribution < 1.29 is 5.11 Å². The van der Waals surface area contributed by atoms with Gasteiger partial charge >= 0.3 is 0 Å². The van der Waals surface area contributed by atoms with Gasteiger partial charge in [-0.1, -0.05) is 38.1 Å². The molecule has 1 aromatic rings. The van der Waals surface area contributed by atoms with Crippen molar-refractivity contribution in [3.63, 3.8) is 0 Å². The summed E-state index contributed by atoms with van der Waals surface area (Å²) >= 11 is 0. The van der Waals surface area contributed by atoms with E-state index in [1.807, 2.05) is 13.8 Å². The maximum atomic E-state index is 9.82. The molecule has 23 heavy (non-hydrogen) atoms. The van der Waals surface area contributed by atoms with Crippen molar-refractivity contribution >= 4 is 0 Å². The Morgan fingerprint density at radius 1 is 0.957 bits per heavy atom. The maximum Gasteiger partial charge on any atom is 0.0594 e. The fraction of sp³-hybridized carbons (Fsp3) is 0.700. The van der Waals surface area contributed by atoms with Gasteiger partial charge in [0.25, 0.3) is 0 Å². The van der Waals surface area contributed by atoms with Gasteiger partial charge in [-0.3, -0.25) is 4.90 Å². The van der Waals surface area contributed by atoms with E-state index in [1.165, 1.54) is 43.9 Å². The second kappa shape index (κ2) is 8.27. The van der Waals surface area contributed by atoms with E-state index in [0.717, 1.165) is 25.3 Å². The van der Waals surface area contributed by atoms with Crippen LogP contribution in [0.1, 0.15) is 45.2 Å². The molecular formula is C20H34N2O. The van der Waals surface area contributed by atoms with Crippen molar-refractivity contribution in [3.8, 4) is 0 Å². The first-order valence-corrected chi connectivity index (χ1v) is 9.07. The predicted octanol–water partition coefficient (Wildman–Crippen LogP) is 3.16. The molecule has 0 unspecified atom stereocenters. The molecule has 0 saturated carbocycles. The highest BCUT2D eigenvalue weighted by Gasteiger charge is 2.17. The topological polar surface area (TPSA) is 26.7 Å². The van der Waals surface area contributed by atoms with Crippen LogP contribution in [0.25, 0.3) is 0 Å². The molecular weight excluding hydrogens is 284 g/mol. The van der Waals surface area contributed by atoms with Gasteiger partial charge in [-0.05, 0) is 43.7 Å². The van der Waals surface area contributed by atoms with Crippen LogP contribution in [0.5, 0.6) is 0 Å². The molecule has 3 heteroatoms. The Bertz CT molecular complexity index is 454. The molecule has 1 saturated heterocycles. The summed E-state index contributed by atoms with van der Waals surface area (Å²) < 4.78 is 0. The normalized spacial score (nSPS) is 17.8. The zero-order chi connectivity index (χ0) is 16.9. The van der Waals surface area contributed by atoms with Crippen LogP contribution in [0.15, 0.2) is 24.3 Å². The van der Waals surface area contributed by atoms with Crippen LogP contribution in [-0.2, 0) is 13.0 Å². The number of aliphatic hydroxyl groups is 1. The van der Waals surface area contributed by atoms with E-state index < -0.39 is 5.60 Å². The summed E-state index contributed by atoms with van der Waals surface area (Å²) in [6.07, 6.45) is 1.75. The highest BCUT2D eigenvalue weighted by Crippen LogP contribution is 2.15. The van der Waals surface area contributed by atoms with Crippen LogP contribution in [-0.4, -0.2) is 53.2 Å². The van der Waals surface area contributed by atoms with E-state index in [4.69, 9.17) is 0 Å². The summed E-state index contributed by atoms with van der Waals surface area (Å²) in [5.74, 6) is 0.762. The average Bonchev–Trinajstić information content (AvgIpc) is 2.47. The smallest absolute Gasteiger partial charge is 0.0594 e. The first-order chi connectivity index (χ1) is 10.8. The van der Waals surface area contributed by atoms with Gasteiger partial charge in [-0.15, -0.1) is 0 Å². The summed E-state index contributed by atoms with van der Waals surface area (Å²) in [4.78, 5) is 5.14. The lowest BCUT2D eigenvalue weighted by molar-refractivity contribution is 0.0714. The first-order valence-electron chi connectivity index (χ1n) is 9.07. The van der Waals surface area contributed by atoms with Gasteiger partial charge in [0, 0.05) is 39.3 Å². The average molecular weight is 319 g/mol. The van der Waals surface area contributed by atoms with Crippen LogP contribution < -0.4 is 0 Å². The van der Waals surface area contributed by atoms with E-state index in [2.05, 4.69) is 47.9 Å². The Morgan fingerprint density at radius 3 is 2.00 bits per heavy atom. The van der Waals surface area contributed by atoms with Gasteiger partial charge in [0.2, 0.25) is 0 Å². The molecule has 130 valence electrons. The highest BCUT2D eigenvalue weighted by molar-refractivity contribution is 5.22. The predicted molar refractivity (Wildman–Crippen MR) is 97.6 cm³/mol. The van der Waals surface area contributed by atoms with Crippen molar-refractivity contribution in [1.29, 1.82) is 0 Å². The third kappa shape index (κ3) is 7.03. The SMILES string of the molecule is CC(C)CN1CCN(Cc2ccc(CCC(C)(C)O)cc2)CC1. The number of benzene rings is 1. The number of hydrogen-bond acceptors (Lipinski definition) is 3. The lowest BCUT2D eigenvalue weighted by atomic mass is 9.98. The van der Waals surface area contributed by atoms with Crippen molar-refractivity contribution in [2.45, 2.75) is 52.7 Å². The molecule has 3 nitrogen and oxygen atoms in total. The van der Waals surface area contributed by atoms with Gasteiger partial charge < -0.3 is 10.0 Å². The van der Waals surface area contributed by atoms with Gasteiger partial charge in [0.15, 0.2) is 0 Å². The van der Waals surface area contributed by atoms with Crippen LogP contribution >= 0.6 is 0 Å². The third-order valence-corrected chi connectivity index (χ3v) is 4.54. The molecule has 1 fully saturated rings. The molecule has 0 amide bonds. The van der Waals surface area contributed by atoms with Crippen molar-refractivity contribution in [1.82, 2.24) is 9.80 Å². The lowest BCUT2D eigenvalue weighted by Crippen LogP contribution is -2.46. The van der Waals surface area contributed by atoms with Crippen LogP contribution in [0, 0.1) is 5.92 Å². The van der Waals surface area contributed by atoms with Crippen molar-refractivity contribution in [3.05, 3.63) is 35.4 Å². The number of nitrogens with zero attached hydrogens (tertiary/aromatic N) is 2. The zero-order valence-corrected chi connectivity index (χ0v) is 15.4. The van der Waals surface area contributed by atoms with Gasteiger partial charge in [0.1, 0.15) is 0 Å². The fourth-order valence-corrected chi connectivity index (χ4v) is 3.17. The highest BCUT2D eigenvalue weighted by atomic mass is 16.3. The number of aryl methyl sites for hydroxylation is 1. The molecule has 0 spiro atoms. The Hall–Kier alpha value is -0.900. The largest absolute Gasteiger partial charge is 0.390 e. The minimum Gasteiger partial charge on any atom is -0.390 e. The summed E-state index contributed by atoms with van der Waals surface area (Å²) in [5, 5.41) is 9.82. The van der Waals surface area contributed by atoms with Crippen molar-refractivity contribution in [2.75, 3.05) is 32.7 Å². The maximum absolute atomic E-state index is 9.82. The first kappa shape index (κ1) is 18.4. The third-order valence-electron chi connectivity index (χ3n) is 4.54. The van der Waals surface area contributed by atoms with E-state index >= 15 is 0 Å². The molecule has 1 aromatic carbocycles. The lowest BCUT2D eigenvalue weighted by Gasteiger charge is -2.35. The van der Waals surface area contributed by atoms with E-state index in [-0.39, 0.29) is 0 Å². The van der Waals surface area contributed by atoms with Gasteiger partial charge in [-0.2, -0.15) is 0 Å². The molecule has 0 atom stereocenters. The van der Waals surface area contributed by atoms with Crippen molar-refractivity contribution in [2.24, 2.45) is 5.92 Å². The minimum absolute atomic E-state index is 0.575. The standard InChI is InChI=1S/C20H34N2O/c1-17(2)15-21-11-13-22(14-12-21)16-19-7-5-18(6-8-19)9-10-20(3,4)23/h5-8,17,23H,9-16H2,1-4H3.